The van der Waals surface area contributed by atoms with E-state index in [1.165, 1.54) is 0 Å². The topological polar surface area (TPSA) is 76.2 Å². The van der Waals surface area contributed by atoms with Crippen molar-refractivity contribution in [3.05, 3.63) is 34.9 Å². The lowest BCUT2D eigenvalue weighted by atomic mass is 10.2. The van der Waals surface area contributed by atoms with E-state index in [0.717, 1.165) is 29.9 Å². The summed E-state index contributed by atoms with van der Waals surface area (Å²) in [6.07, 6.45) is 4.61. The Morgan fingerprint density at radius 3 is 2.91 bits per heavy atom. The number of aryl methyl sites for hydroxylation is 2. The van der Waals surface area contributed by atoms with Crippen LogP contribution >= 0.6 is 0 Å². The number of aliphatic hydroxyl groups is 1. The van der Waals surface area contributed by atoms with Crippen molar-refractivity contribution < 1.29 is 9.90 Å². The number of fused-ring (bicyclic) bond motifs is 1. The molecule has 0 fully saturated rings. The molecule has 0 unspecified atom stereocenters. The molecule has 118 valence electrons. The van der Waals surface area contributed by atoms with Crippen LogP contribution in [0, 0.1) is 6.92 Å². The molecule has 0 spiro atoms. The fourth-order valence-corrected chi connectivity index (χ4v) is 2.88. The molecule has 2 aromatic heterocycles. The average molecular weight is 303 g/mol. The first-order valence-electron chi connectivity index (χ1n) is 7.61. The molecule has 22 heavy (non-hydrogen) atoms. The van der Waals surface area contributed by atoms with Crippen molar-refractivity contribution in [1.29, 1.82) is 0 Å². The van der Waals surface area contributed by atoms with E-state index in [-0.39, 0.29) is 12.5 Å². The number of aliphatic hydroxyl groups excluding tert-OH is 1. The summed E-state index contributed by atoms with van der Waals surface area (Å²) in [5, 5.41) is 17.7. The zero-order valence-corrected chi connectivity index (χ0v) is 13.0. The minimum Gasteiger partial charge on any atom is -0.394 e. The van der Waals surface area contributed by atoms with Gasteiger partial charge in [0.2, 0.25) is 0 Å². The normalized spacial score (nSPS) is 13.7. The molecule has 0 aliphatic carbocycles. The van der Waals surface area contributed by atoms with E-state index in [0.29, 0.717) is 25.2 Å². The van der Waals surface area contributed by atoms with Gasteiger partial charge in [0.05, 0.1) is 42.8 Å². The number of carbonyl (C=O) groups excluding carboxylic acids is 1. The average Bonchev–Trinajstić information content (AvgIpc) is 3.15. The van der Waals surface area contributed by atoms with Crippen molar-refractivity contribution >= 4 is 5.91 Å². The summed E-state index contributed by atoms with van der Waals surface area (Å²) in [7, 11) is 0. The predicted molar refractivity (Wildman–Crippen MR) is 80.1 cm³/mol. The van der Waals surface area contributed by atoms with E-state index in [1.807, 2.05) is 17.8 Å². The van der Waals surface area contributed by atoms with E-state index in [1.54, 1.807) is 15.8 Å². The van der Waals surface area contributed by atoms with Crippen LogP contribution in [0.3, 0.4) is 0 Å². The molecule has 0 saturated carbocycles. The second-order valence-corrected chi connectivity index (χ2v) is 5.62. The van der Waals surface area contributed by atoms with Crippen LogP contribution in [-0.2, 0) is 26.2 Å². The number of rotatable bonds is 5. The Morgan fingerprint density at radius 1 is 1.36 bits per heavy atom. The second-order valence-electron chi connectivity index (χ2n) is 5.62. The minimum absolute atomic E-state index is 0.00611. The van der Waals surface area contributed by atoms with E-state index >= 15 is 0 Å². The standard InChI is InChI=1S/C15H21N5O2/c1-3-4-19-9-13(11(2)17-19)15(22)18-8-12-7-16-20(5-6-21)14(12)10-18/h7,9,21H,3-6,8,10H2,1-2H3. The Morgan fingerprint density at radius 2 is 2.18 bits per heavy atom. The highest BCUT2D eigenvalue weighted by molar-refractivity contribution is 5.95. The Labute approximate surface area is 129 Å². The first-order valence-corrected chi connectivity index (χ1v) is 7.61. The Bertz CT molecular complexity index is 688. The van der Waals surface area contributed by atoms with Gasteiger partial charge in [-0.15, -0.1) is 0 Å². The van der Waals surface area contributed by atoms with Gasteiger partial charge in [0, 0.05) is 24.8 Å². The van der Waals surface area contributed by atoms with Gasteiger partial charge in [-0.2, -0.15) is 10.2 Å². The molecule has 3 rings (SSSR count). The fourth-order valence-electron chi connectivity index (χ4n) is 2.88. The molecule has 7 nitrogen and oxygen atoms in total. The van der Waals surface area contributed by atoms with Crippen LogP contribution in [0.25, 0.3) is 0 Å². The quantitative estimate of drug-likeness (QED) is 0.892. The summed E-state index contributed by atoms with van der Waals surface area (Å²) >= 11 is 0. The van der Waals surface area contributed by atoms with Crippen LogP contribution in [0.5, 0.6) is 0 Å². The van der Waals surface area contributed by atoms with E-state index in [2.05, 4.69) is 17.1 Å². The highest BCUT2D eigenvalue weighted by Gasteiger charge is 2.29. The number of hydrogen-bond acceptors (Lipinski definition) is 4. The molecule has 0 aromatic carbocycles. The summed E-state index contributed by atoms with van der Waals surface area (Å²) in [4.78, 5) is 14.5. The van der Waals surface area contributed by atoms with E-state index < -0.39 is 0 Å². The van der Waals surface area contributed by atoms with Crippen LogP contribution in [0.1, 0.15) is 40.7 Å². The van der Waals surface area contributed by atoms with Crippen molar-refractivity contribution in [1.82, 2.24) is 24.5 Å². The van der Waals surface area contributed by atoms with Crippen molar-refractivity contribution in [2.24, 2.45) is 0 Å². The maximum atomic E-state index is 12.7. The van der Waals surface area contributed by atoms with Gasteiger partial charge in [0.25, 0.3) is 5.91 Å². The third-order valence-corrected chi connectivity index (χ3v) is 3.97. The summed E-state index contributed by atoms with van der Waals surface area (Å²) < 4.78 is 3.61. The maximum Gasteiger partial charge on any atom is 0.257 e. The molecule has 0 bridgehead atoms. The molecule has 3 heterocycles. The van der Waals surface area contributed by atoms with Crippen LogP contribution in [-0.4, -0.2) is 42.1 Å². The zero-order valence-electron chi connectivity index (χ0n) is 13.0. The van der Waals surface area contributed by atoms with E-state index in [9.17, 15) is 4.79 Å². The van der Waals surface area contributed by atoms with Crippen LogP contribution < -0.4 is 0 Å². The molecule has 0 radical (unpaired) electrons. The number of aromatic nitrogens is 4. The molecule has 1 N–H and O–H groups in total. The second kappa shape index (κ2) is 5.92. The van der Waals surface area contributed by atoms with Gasteiger partial charge >= 0.3 is 0 Å². The zero-order chi connectivity index (χ0) is 15.7. The first kappa shape index (κ1) is 14.8. The van der Waals surface area contributed by atoms with Crippen molar-refractivity contribution in [3.63, 3.8) is 0 Å². The van der Waals surface area contributed by atoms with Crippen molar-refractivity contribution in [2.75, 3.05) is 6.61 Å². The first-order chi connectivity index (χ1) is 10.6. The number of carbonyl (C=O) groups is 1. The number of amides is 1. The Balaban J connectivity index is 1.77. The minimum atomic E-state index is 0.00611. The third kappa shape index (κ3) is 2.52. The van der Waals surface area contributed by atoms with Gasteiger partial charge in [-0.3, -0.25) is 14.2 Å². The van der Waals surface area contributed by atoms with Gasteiger partial charge in [-0.05, 0) is 13.3 Å². The molecule has 1 aliphatic rings. The lowest BCUT2D eigenvalue weighted by Crippen LogP contribution is -2.26. The summed E-state index contributed by atoms with van der Waals surface area (Å²) in [5.41, 5.74) is 3.51. The Kier molecular flexibility index (Phi) is 3.98. The highest BCUT2D eigenvalue weighted by Crippen LogP contribution is 2.24. The van der Waals surface area contributed by atoms with Crippen LogP contribution in [0.4, 0.5) is 0 Å². The fraction of sp³-hybridized carbons (Fsp3) is 0.533. The maximum absolute atomic E-state index is 12.7. The number of hydrogen-bond donors (Lipinski definition) is 1. The summed E-state index contributed by atoms with van der Waals surface area (Å²) in [5.74, 6) is 0.00611. The number of nitrogens with zero attached hydrogens (tertiary/aromatic N) is 5. The largest absolute Gasteiger partial charge is 0.394 e. The highest BCUT2D eigenvalue weighted by atomic mass is 16.3. The molecule has 0 saturated heterocycles. The van der Waals surface area contributed by atoms with Gasteiger partial charge in [-0.1, -0.05) is 6.92 Å². The smallest absolute Gasteiger partial charge is 0.257 e. The van der Waals surface area contributed by atoms with E-state index in [4.69, 9.17) is 5.11 Å². The third-order valence-electron chi connectivity index (χ3n) is 3.97. The molecule has 1 aliphatic heterocycles. The predicted octanol–water partition coefficient (Wildman–Crippen LogP) is 0.946. The van der Waals surface area contributed by atoms with Gasteiger partial charge in [-0.25, -0.2) is 0 Å². The molecule has 7 heteroatoms. The monoisotopic (exact) mass is 303 g/mol. The molecular formula is C15H21N5O2. The van der Waals surface area contributed by atoms with Gasteiger partial charge < -0.3 is 10.0 Å². The Hall–Kier alpha value is -2.15. The SMILES string of the molecule is CCCn1cc(C(=O)N2Cc3cnn(CCO)c3C2)c(C)n1. The van der Waals surface area contributed by atoms with Crippen molar-refractivity contribution in [3.8, 4) is 0 Å². The summed E-state index contributed by atoms with van der Waals surface area (Å²) in [6, 6.07) is 0. The summed E-state index contributed by atoms with van der Waals surface area (Å²) in [6.45, 7) is 6.39. The van der Waals surface area contributed by atoms with Gasteiger partial charge in [0.1, 0.15) is 0 Å². The van der Waals surface area contributed by atoms with Crippen molar-refractivity contribution in [2.45, 2.75) is 46.4 Å². The lowest BCUT2D eigenvalue weighted by Gasteiger charge is -2.15. The molecule has 2 aromatic rings. The van der Waals surface area contributed by atoms with Crippen LogP contribution in [0.2, 0.25) is 0 Å². The molecular weight excluding hydrogens is 282 g/mol. The molecule has 0 atom stereocenters. The van der Waals surface area contributed by atoms with Crippen LogP contribution in [0.15, 0.2) is 12.4 Å². The lowest BCUT2D eigenvalue weighted by molar-refractivity contribution is 0.0747. The van der Waals surface area contributed by atoms with Gasteiger partial charge in [0.15, 0.2) is 0 Å². The molecule has 1 amide bonds.